The molecule has 1 amide bonds. The van der Waals surface area contributed by atoms with Crippen molar-refractivity contribution in [2.75, 3.05) is 32.6 Å². The molecule has 8 heteroatoms. The third-order valence-corrected chi connectivity index (χ3v) is 6.52. The summed E-state index contributed by atoms with van der Waals surface area (Å²) in [5.74, 6) is 0.869. The van der Waals surface area contributed by atoms with Crippen molar-refractivity contribution in [2.24, 2.45) is 0 Å². The van der Waals surface area contributed by atoms with E-state index < -0.39 is 16.1 Å². The molecule has 1 heterocycles. The number of hydrogen-bond donors (Lipinski definition) is 0. The van der Waals surface area contributed by atoms with Crippen LogP contribution in [0.2, 0.25) is 0 Å². The average molecular weight is 404 g/mol. The van der Waals surface area contributed by atoms with Gasteiger partial charge in [0.1, 0.15) is 0 Å². The number of benzene rings is 2. The van der Waals surface area contributed by atoms with Crippen molar-refractivity contribution in [1.29, 1.82) is 0 Å². The number of nitrogens with zero attached hydrogens (tertiary/aromatic N) is 2. The fraction of sp³-hybridized carbons (Fsp3) is 0.350. The number of carbonyl (C=O) groups is 1. The summed E-state index contributed by atoms with van der Waals surface area (Å²) < 4.78 is 36.9. The van der Waals surface area contributed by atoms with Crippen LogP contribution in [0.15, 0.2) is 47.4 Å². The number of fused-ring (bicyclic) bond motifs is 1. The molecule has 0 unspecified atom stereocenters. The number of anilines is 1. The largest absolute Gasteiger partial charge is 0.493 e. The highest BCUT2D eigenvalue weighted by Crippen LogP contribution is 2.32. The number of methoxy groups -OCH3 is 1. The molecule has 0 saturated carbocycles. The Bertz CT molecular complexity index is 988. The Morgan fingerprint density at radius 2 is 1.82 bits per heavy atom. The van der Waals surface area contributed by atoms with Gasteiger partial charge in [-0.3, -0.25) is 4.79 Å². The quantitative estimate of drug-likeness (QED) is 0.738. The lowest BCUT2D eigenvalue weighted by Crippen LogP contribution is -2.39. The molecule has 0 spiro atoms. The second-order valence-electron chi connectivity index (χ2n) is 6.73. The second kappa shape index (κ2) is 7.81. The van der Waals surface area contributed by atoms with E-state index in [2.05, 4.69) is 0 Å². The Hall–Kier alpha value is -2.58. The third kappa shape index (κ3) is 3.70. The van der Waals surface area contributed by atoms with E-state index in [0.29, 0.717) is 24.5 Å². The molecule has 1 aliphatic heterocycles. The molecule has 7 nitrogen and oxygen atoms in total. The molecule has 0 radical (unpaired) electrons. The molecule has 0 N–H and O–H groups in total. The molecule has 1 aliphatic rings. The lowest BCUT2D eigenvalue weighted by Gasteiger charge is -2.23. The van der Waals surface area contributed by atoms with Crippen LogP contribution in [0.25, 0.3) is 0 Å². The monoisotopic (exact) mass is 404 g/mol. The molecule has 2 aromatic carbocycles. The molecular formula is C20H24N2O5S. The van der Waals surface area contributed by atoms with Crippen molar-refractivity contribution in [2.45, 2.75) is 24.3 Å². The predicted octanol–water partition coefficient (Wildman–Crippen LogP) is 2.30. The van der Waals surface area contributed by atoms with Gasteiger partial charge in [0.15, 0.2) is 17.6 Å². The van der Waals surface area contributed by atoms with Crippen molar-refractivity contribution in [3.63, 3.8) is 0 Å². The molecule has 150 valence electrons. The minimum Gasteiger partial charge on any atom is -0.493 e. The van der Waals surface area contributed by atoms with E-state index in [1.165, 1.54) is 24.5 Å². The first-order chi connectivity index (χ1) is 13.3. The van der Waals surface area contributed by atoms with Crippen LogP contribution in [0, 0.1) is 0 Å². The van der Waals surface area contributed by atoms with Gasteiger partial charge in [0.2, 0.25) is 10.0 Å². The van der Waals surface area contributed by atoms with E-state index in [9.17, 15) is 13.2 Å². The summed E-state index contributed by atoms with van der Waals surface area (Å²) in [4.78, 5) is 14.8. The number of ether oxygens (including phenoxy) is 2. The smallest absolute Gasteiger partial charge is 0.267 e. The average Bonchev–Trinajstić information content (AvgIpc) is 3.10. The zero-order valence-electron chi connectivity index (χ0n) is 16.4. The van der Waals surface area contributed by atoms with Gasteiger partial charge in [0, 0.05) is 26.3 Å². The summed E-state index contributed by atoms with van der Waals surface area (Å²) in [5, 5.41) is 0. The lowest BCUT2D eigenvalue weighted by molar-refractivity contribution is -0.124. The van der Waals surface area contributed by atoms with E-state index >= 15 is 0 Å². The Labute approximate surface area is 165 Å². The number of carbonyl (C=O) groups excluding carboxylic acids is 1. The fourth-order valence-electron chi connectivity index (χ4n) is 3.15. The van der Waals surface area contributed by atoms with Gasteiger partial charge < -0.3 is 14.4 Å². The minimum atomic E-state index is -3.51. The van der Waals surface area contributed by atoms with Crippen LogP contribution in [0.4, 0.5) is 5.69 Å². The van der Waals surface area contributed by atoms with Crippen molar-refractivity contribution < 1.29 is 22.7 Å². The molecule has 0 saturated heterocycles. The van der Waals surface area contributed by atoms with E-state index in [1.54, 1.807) is 43.2 Å². The number of amides is 1. The van der Waals surface area contributed by atoms with E-state index in [0.717, 1.165) is 11.3 Å². The molecular weight excluding hydrogens is 380 g/mol. The summed E-state index contributed by atoms with van der Waals surface area (Å²) in [6.45, 7) is 2.18. The van der Waals surface area contributed by atoms with Crippen LogP contribution in [0.3, 0.4) is 0 Å². The number of para-hydroxylation sites is 2. The Kier molecular flexibility index (Phi) is 5.62. The summed E-state index contributed by atoms with van der Waals surface area (Å²) in [6.07, 6.45) is -0.119. The standard InChI is InChI=1S/C20H24N2O5S/c1-14(27-19-8-6-5-7-18(19)26-4)20(23)22-12-11-15-13-16(9-10-17(15)22)28(24,25)21(2)3/h5-10,13-14H,11-12H2,1-4H3/t14-/m0/s1. The number of hydrogen-bond acceptors (Lipinski definition) is 5. The normalized spacial score (nSPS) is 14.7. The summed E-state index contributed by atoms with van der Waals surface area (Å²) in [5.41, 5.74) is 1.55. The Morgan fingerprint density at radius 3 is 2.46 bits per heavy atom. The van der Waals surface area contributed by atoms with Gasteiger partial charge in [-0.15, -0.1) is 0 Å². The first-order valence-electron chi connectivity index (χ1n) is 8.92. The van der Waals surface area contributed by atoms with Crippen LogP contribution >= 0.6 is 0 Å². The number of sulfonamides is 1. The first-order valence-corrected chi connectivity index (χ1v) is 10.4. The highest BCUT2D eigenvalue weighted by atomic mass is 32.2. The van der Waals surface area contributed by atoms with Crippen LogP contribution in [0.5, 0.6) is 11.5 Å². The molecule has 0 aliphatic carbocycles. The molecule has 0 bridgehead atoms. The second-order valence-corrected chi connectivity index (χ2v) is 8.88. The maximum atomic E-state index is 12.9. The maximum absolute atomic E-state index is 12.9. The van der Waals surface area contributed by atoms with Gasteiger partial charge >= 0.3 is 0 Å². The van der Waals surface area contributed by atoms with Crippen molar-refractivity contribution in [3.05, 3.63) is 48.0 Å². The third-order valence-electron chi connectivity index (χ3n) is 4.71. The van der Waals surface area contributed by atoms with Crippen molar-refractivity contribution in [3.8, 4) is 11.5 Å². The molecule has 0 fully saturated rings. The van der Waals surface area contributed by atoms with E-state index in [1.807, 2.05) is 12.1 Å². The van der Waals surface area contributed by atoms with Crippen molar-refractivity contribution >= 4 is 21.6 Å². The summed E-state index contributed by atoms with van der Waals surface area (Å²) in [7, 11) is 1.03. The minimum absolute atomic E-state index is 0.187. The van der Waals surface area contributed by atoms with Crippen LogP contribution in [0.1, 0.15) is 12.5 Å². The van der Waals surface area contributed by atoms with Gasteiger partial charge in [-0.2, -0.15) is 0 Å². The summed E-state index contributed by atoms with van der Waals surface area (Å²) in [6, 6.07) is 12.0. The highest BCUT2D eigenvalue weighted by Gasteiger charge is 2.31. The fourth-order valence-corrected chi connectivity index (χ4v) is 4.11. The van der Waals surface area contributed by atoms with Crippen LogP contribution in [-0.4, -0.2) is 52.5 Å². The highest BCUT2D eigenvalue weighted by molar-refractivity contribution is 7.89. The molecule has 2 aromatic rings. The van der Waals surface area contributed by atoms with Gasteiger partial charge in [-0.25, -0.2) is 12.7 Å². The van der Waals surface area contributed by atoms with Crippen molar-refractivity contribution in [1.82, 2.24) is 4.31 Å². The topological polar surface area (TPSA) is 76.1 Å². The van der Waals surface area contributed by atoms with Crippen LogP contribution in [-0.2, 0) is 21.2 Å². The lowest BCUT2D eigenvalue weighted by atomic mass is 10.2. The van der Waals surface area contributed by atoms with Crippen LogP contribution < -0.4 is 14.4 Å². The van der Waals surface area contributed by atoms with Gasteiger partial charge in [-0.05, 0) is 49.2 Å². The maximum Gasteiger partial charge on any atom is 0.267 e. The Morgan fingerprint density at radius 1 is 1.14 bits per heavy atom. The molecule has 3 rings (SSSR count). The predicted molar refractivity (Wildman–Crippen MR) is 106 cm³/mol. The SMILES string of the molecule is COc1ccccc1O[C@@H](C)C(=O)N1CCc2cc(S(=O)(=O)N(C)C)ccc21. The van der Waals surface area contributed by atoms with E-state index in [4.69, 9.17) is 9.47 Å². The number of rotatable bonds is 6. The van der Waals surface area contributed by atoms with Gasteiger partial charge in [-0.1, -0.05) is 12.1 Å². The Balaban J connectivity index is 1.80. The van der Waals surface area contributed by atoms with Gasteiger partial charge in [0.25, 0.3) is 5.91 Å². The zero-order valence-corrected chi connectivity index (χ0v) is 17.2. The molecule has 0 aromatic heterocycles. The van der Waals surface area contributed by atoms with Gasteiger partial charge in [0.05, 0.1) is 12.0 Å². The molecule has 1 atom stereocenters. The zero-order chi connectivity index (χ0) is 20.5. The summed E-state index contributed by atoms with van der Waals surface area (Å²) >= 11 is 0. The molecule has 28 heavy (non-hydrogen) atoms. The van der Waals surface area contributed by atoms with E-state index in [-0.39, 0.29) is 10.8 Å². The first kappa shape index (κ1) is 20.2.